The summed E-state index contributed by atoms with van der Waals surface area (Å²) < 4.78 is 4.92. The van der Waals surface area contributed by atoms with Crippen LogP contribution in [0, 0.1) is 0 Å². The molecule has 0 saturated carbocycles. The smallest absolute Gasteiger partial charge is 0.328 e. The highest BCUT2D eigenvalue weighted by Gasteiger charge is 2.19. The summed E-state index contributed by atoms with van der Waals surface area (Å²) in [6.45, 7) is 0.866. The Morgan fingerprint density at radius 3 is 2.25 bits per heavy atom. The first-order chi connectivity index (χ1) is 15.4. The lowest BCUT2D eigenvalue weighted by molar-refractivity contribution is -0.151. The zero-order chi connectivity index (χ0) is 22.9. The largest absolute Gasteiger partial charge is 0.454 e. The molecule has 0 aliphatic heterocycles. The van der Waals surface area contributed by atoms with Gasteiger partial charge >= 0.3 is 5.97 Å². The van der Waals surface area contributed by atoms with E-state index in [4.69, 9.17) is 4.74 Å². The second-order valence-electron chi connectivity index (χ2n) is 7.35. The molecule has 3 aromatic carbocycles. The molecule has 3 amide bonds. The SMILES string of the molecule is C[C@@H](NC(=O)Cc1cccc2ccccc12)C(=O)OCC(=O)NC(=O)Cc1ccccc1. The van der Waals surface area contributed by atoms with Gasteiger partial charge in [0.1, 0.15) is 6.04 Å². The molecular weight excluding hydrogens is 408 g/mol. The van der Waals surface area contributed by atoms with Crippen LogP contribution >= 0.6 is 0 Å². The normalized spacial score (nSPS) is 11.4. The van der Waals surface area contributed by atoms with Gasteiger partial charge in [-0.3, -0.25) is 19.7 Å². The number of imide groups is 1. The quantitative estimate of drug-likeness (QED) is 0.532. The molecule has 32 heavy (non-hydrogen) atoms. The number of hydrogen-bond acceptors (Lipinski definition) is 5. The molecule has 0 heterocycles. The summed E-state index contributed by atoms with van der Waals surface area (Å²) in [6, 6.07) is 21.5. The third-order valence-electron chi connectivity index (χ3n) is 4.79. The van der Waals surface area contributed by atoms with Crippen molar-refractivity contribution in [1.82, 2.24) is 10.6 Å². The average molecular weight is 432 g/mol. The van der Waals surface area contributed by atoms with E-state index in [1.54, 1.807) is 24.3 Å². The Balaban J connectivity index is 1.43. The van der Waals surface area contributed by atoms with Crippen molar-refractivity contribution in [2.75, 3.05) is 6.61 Å². The highest BCUT2D eigenvalue weighted by Crippen LogP contribution is 2.18. The third-order valence-corrected chi connectivity index (χ3v) is 4.79. The van der Waals surface area contributed by atoms with Gasteiger partial charge in [0.05, 0.1) is 12.8 Å². The van der Waals surface area contributed by atoms with E-state index in [1.807, 2.05) is 48.5 Å². The van der Waals surface area contributed by atoms with Crippen LogP contribution in [0.25, 0.3) is 10.8 Å². The standard InChI is InChI=1S/C25H24N2O5/c1-17(26-23(29)15-20-12-7-11-19-10-5-6-13-21(19)20)25(31)32-16-24(30)27-22(28)14-18-8-3-2-4-9-18/h2-13,17H,14-16H2,1H3,(H,26,29)(H,27,28,30)/t17-/m1/s1. The van der Waals surface area contributed by atoms with Crippen molar-refractivity contribution in [3.63, 3.8) is 0 Å². The summed E-state index contributed by atoms with van der Waals surface area (Å²) in [5.41, 5.74) is 1.61. The first-order valence-electron chi connectivity index (χ1n) is 10.2. The van der Waals surface area contributed by atoms with E-state index in [2.05, 4.69) is 10.6 Å². The van der Waals surface area contributed by atoms with Crippen LogP contribution in [-0.2, 0) is 36.8 Å². The molecule has 3 rings (SSSR count). The highest BCUT2D eigenvalue weighted by molar-refractivity contribution is 5.97. The number of fused-ring (bicyclic) bond motifs is 1. The number of ether oxygens (including phenoxy) is 1. The third kappa shape index (κ3) is 6.50. The summed E-state index contributed by atoms with van der Waals surface area (Å²) in [4.78, 5) is 48.3. The zero-order valence-corrected chi connectivity index (χ0v) is 17.7. The monoisotopic (exact) mass is 432 g/mol. The molecule has 0 aliphatic carbocycles. The van der Waals surface area contributed by atoms with Crippen LogP contribution < -0.4 is 10.6 Å². The molecule has 3 aromatic rings. The second-order valence-corrected chi connectivity index (χ2v) is 7.35. The van der Waals surface area contributed by atoms with Crippen molar-refractivity contribution in [3.8, 4) is 0 Å². The number of carbonyl (C=O) groups excluding carboxylic acids is 4. The molecule has 164 valence electrons. The van der Waals surface area contributed by atoms with Crippen molar-refractivity contribution in [2.45, 2.75) is 25.8 Å². The summed E-state index contributed by atoms with van der Waals surface area (Å²) >= 11 is 0. The van der Waals surface area contributed by atoms with E-state index in [1.165, 1.54) is 6.92 Å². The highest BCUT2D eigenvalue weighted by atomic mass is 16.5. The van der Waals surface area contributed by atoms with E-state index in [9.17, 15) is 19.2 Å². The molecule has 0 unspecified atom stereocenters. The molecule has 7 nitrogen and oxygen atoms in total. The maximum Gasteiger partial charge on any atom is 0.328 e. The minimum atomic E-state index is -0.940. The van der Waals surface area contributed by atoms with Crippen LogP contribution in [0.5, 0.6) is 0 Å². The van der Waals surface area contributed by atoms with Crippen LogP contribution in [-0.4, -0.2) is 36.3 Å². The Morgan fingerprint density at radius 1 is 0.781 bits per heavy atom. The summed E-state index contributed by atoms with van der Waals surface area (Å²) in [6.07, 6.45) is 0.147. The van der Waals surface area contributed by atoms with Crippen LogP contribution in [0.1, 0.15) is 18.1 Å². The van der Waals surface area contributed by atoms with Crippen LogP contribution in [0.4, 0.5) is 0 Å². The molecule has 0 radical (unpaired) electrons. The molecule has 1 atom stereocenters. The van der Waals surface area contributed by atoms with Gasteiger partial charge in [-0.2, -0.15) is 0 Å². The van der Waals surface area contributed by atoms with Gasteiger partial charge in [-0.05, 0) is 28.8 Å². The van der Waals surface area contributed by atoms with Gasteiger partial charge < -0.3 is 10.1 Å². The molecule has 0 spiro atoms. The number of benzene rings is 3. The van der Waals surface area contributed by atoms with Gasteiger partial charge in [0, 0.05) is 0 Å². The lowest BCUT2D eigenvalue weighted by atomic mass is 10.0. The first-order valence-corrected chi connectivity index (χ1v) is 10.2. The molecule has 0 aromatic heterocycles. The van der Waals surface area contributed by atoms with Gasteiger partial charge in [0.15, 0.2) is 6.61 Å². The maximum absolute atomic E-state index is 12.4. The number of esters is 1. The molecular formula is C25H24N2O5. The minimum absolute atomic E-state index is 0.0428. The van der Waals surface area contributed by atoms with Gasteiger partial charge in [0.25, 0.3) is 5.91 Å². The molecule has 0 saturated heterocycles. The predicted octanol–water partition coefficient (Wildman–Crippen LogP) is 2.32. The predicted molar refractivity (Wildman–Crippen MR) is 120 cm³/mol. The van der Waals surface area contributed by atoms with Crippen molar-refractivity contribution in [3.05, 3.63) is 83.9 Å². The van der Waals surface area contributed by atoms with Crippen LogP contribution in [0.2, 0.25) is 0 Å². The van der Waals surface area contributed by atoms with Crippen molar-refractivity contribution in [1.29, 1.82) is 0 Å². The molecule has 0 bridgehead atoms. The fourth-order valence-electron chi connectivity index (χ4n) is 3.25. The average Bonchev–Trinajstić information content (AvgIpc) is 2.78. The number of amides is 3. The fraction of sp³-hybridized carbons (Fsp3) is 0.200. The van der Waals surface area contributed by atoms with E-state index < -0.39 is 30.4 Å². The van der Waals surface area contributed by atoms with E-state index in [-0.39, 0.29) is 18.7 Å². The number of rotatable bonds is 8. The first kappa shape index (κ1) is 22.7. The lowest BCUT2D eigenvalue weighted by Crippen LogP contribution is -2.42. The van der Waals surface area contributed by atoms with Crippen molar-refractivity contribution < 1.29 is 23.9 Å². The Bertz CT molecular complexity index is 1120. The van der Waals surface area contributed by atoms with Crippen LogP contribution in [0.15, 0.2) is 72.8 Å². The van der Waals surface area contributed by atoms with Crippen molar-refractivity contribution >= 4 is 34.5 Å². The van der Waals surface area contributed by atoms with E-state index in [0.29, 0.717) is 0 Å². The Kier molecular flexibility index (Phi) is 7.70. The summed E-state index contributed by atoms with van der Waals surface area (Å²) in [5, 5.41) is 6.74. The van der Waals surface area contributed by atoms with Crippen molar-refractivity contribution in [2.24, 2.45) is 0 Å². The minimum Gasteiger partial charge on any atom is -0.454 e. The molecule has 2 N–H and O–H groups in total. The van der Waals surface area contributed by atoms with Gasteiger partial charge in [-0.15, -0.1) is 0 Å². The summed E-state index contributed by atoms with van der Waals surface area (Å²) in [7, 11) is 0. The molecule has 0 fully saturated rings. The molecule has 0 aliphatic rings. The fourth-order valence-corrected chi connectivity index (χ4v) is 3.25. The van der Waals surface area contributed by atoms with Gasteiger partial charge in [0.2, 0.25) is 11.8 Å². The van der Waals surface area contributed by atoms with E-state index >= 15 is 0 Å². The lowest BCUT2D eigenvalue weighted by Gasteiger charge is -2.14. The summed E-state index contributed by atoms with van der Waals surface area (Å²) in [5.74, 6) is -2.32. The Labute approximate surface area is 185 Å². The number of hydrogen-bond donors (Lipinski definition) is 2. The van der Waals surface area contributed by atoms with Gasteiger partial charge in [-0.1, -0.05) is 72.8 Å². The number of carbonyl (C=O) groups is 4. The Morgan fingerprint density at radius 2 is 1.47 bits per heavy atom. The van der Waals surface area contributed by atoms with E-state index in [0.717, 1.165) is 21.9 Å². The zero-order valence-electron chi connectivity index (χ0n) is 17.7. The van der Waals surface area contributed by atoms with Gasteiger partial charge in [-0.25, -0.2) is 4.79 Å². The van der Waals surface area contributed by atoms with Crippen LogP contribution in [0.3, 0.4) is 0 Å². The maximum atomic E-state index is 12.4. The Hall–Kier alpha value is -4.00. The molecule has 7 heteroatoms. The number of nitrogens with one attached hydrogen (secondary N) is 2. The topological polar surface area (TPSA) is 102 Å². The second kappa shape index (κ2) is 10.9.